The van der Waals surface area contributed by atoms with Crippen molar-refractivity contribution in [3.05, 3.63) is 65.0 Å². The van der Waals surface area contributed by atoms with E-state index < -0.39 is 5.82 Å². The number of rotatable bonds is 4. The zero-order chi connectivity index (χ0) is 20.2. The maximum absolute atomic E-state index is 13.8. The van der Waals surface area contributed by atoms with Gasteiger partial charge in [-0.2, -0.15) is 0 Å². The molecule has 2 aromatic carbocycles. The van der Waals surface area contributed by atoms with E-state index in [1.165, 1.54) is 23.3 Å². The van der Waals surface area contributed by atoms with Crippen molar-refractivity contribution in [1.29, 1.82) is 0 Å². The number of para-hydroxylation sites is 1. The molecule has 2 aromatic rings. The second kappa shape index (κ2) is 8.61. The zero-order valence-electron chi connectivity index (χ0n) is 16.2. The molecule has 0 bridgehead atoms. The lowest BCUT2D eigenvalue weighted by Crippen LogP contribution is -2.46. The topological polar surface area (TPSA) is 73.5 Å². The number of likely N-dealkylation sites (tertiary alicyclic amines) is 1. The van der Waals surface area contributed by atoms with Crippen molar-refractivity contribution in [2.24, 2.45) is 5.92 Å². The van der Waals surface area contributed by atoms with E-state index in [9.17, 15) is 14.0 Å². The van der Waals surface area contributed by atoms with E-state index in [0.29, 0.717) is 19.6 Å². The van der Waals surface area contributed by atoms with Gasteiger partial charge in [-0.15, -0.1) is 0 Å². The first-order chi connectivity index (χ1) is 14.1. The van der Waals surface area contributed by atoms with Crippen LogP contribution in [0.25, 0.3) is 0 Å². The lowest BCUT2D eigenvalue weighted by Gasteiger charge is -2.32. The standard InChI is InChI=1S/C22H25FN4O2/c23-19-5-1-2-6-20(19)26-22(29)27-9-3-4-17(14-27)21(28)25-11-15-7-8-16-12-24-13-18(16)10-15/h1-2,5-8,10,17,24H,3-4,9,11-14H2,(H,25,28)(H,26,29). The average molecular weight is 396 g/mol. The maximum atomic E-state index is 13.8. The minimum Gasteiger partial charge on any atom is -0.352 e. The van der Waals surface area contributed by atoms with Crippen LogP contribution in [0, 0.1) is 11.7 Å². The Morgan fingerprint density at radius 2 is 1.97 bits per heavy atom. The van der Waals surface area contributed by atoms with Crippen LogP contribution < -0.4 is 16.0 Å². The third kappa shape index (κ3) is 4.56. The molecule has 29 heavy (non-hydrogen) atoms. The zero-order valence-corrected chi connectivity index (χ0v) is 16.2. The van der Waals surface area contributed by atoms with E-state index >= 15 is 0 Å². The van der Waals surface area contributed by atoms with Gasteiger partial charge in [0.2, 0.25) is 5.91 Å². The highest BCUT2D eigenvalue weighted by Gasteiger charge is 2.28. The molecule has 2 aliphatic rings. The molecule has 7 heteroatoms. The second-order valence-corrected chi connectivity index (χ2v) is 7.62. The van der Waals surface area contributed by atoms with Crippen LogP contribution in [-0.2, 0) is 24.4 Å². The number of hydrogen-bond donors (Lipinski definition) is 3. The van der Waals surface area contributed by atoms with Crippen molar-refractivity contribution in [2.75, 3.05) is 18.4 Å². The molecule has 2 aliphatic heterocycles. The first-order valence-electron chi connectivity index (χ1n) is 10.00. The fourth-order valence-corrected chi connectivity index (χ4v) is 3.92. The van der Waals surface area contributed by atoms with E-state index in [2.05, 4.69) is 28.1 Å². The summed E-state index contributed by atoms with van der Waals surface area (Å²) in [6, 6.07) is 12.0. The summed E-state index contributed by atoms with van der Waals surface area (Å²) >= 11 is 0. The Morgan fingerprint density at radius 1 is 1.14 bits per heavy atom. The van der Waals surface area contributed by atoms with Crippen molar-refractivity contribution in [2.45, 2.75) is 32.5 Å². The fourth-order valence-electron chi connectivity index (χ4n) is 3.92. The summed E-state index contributed by atoms with van der Waals surface area (Å²) in [5.41, 5.74) is 3.82. The Balaban J connectivity index is 1.31. The van der Waals surface area contributed by atoms with Gasteiger partial charge in [0.05, 0.1) is 11.6 Å². The van der Waals surface area contributed by atoms with Crippen LogP contribution in [0.2, 0.25) is 0 Å². The highest BCUT2D eigenvalue weighted by Crippen LogP contribution is 2.20. The van der Waals surface area contributed by atoms with Gasteiger partial charge in [0.1, 0.15) is 5.82 Å². The highest BCUT2D eigenvalue weighted by atomic mass is 19.1. The van der Waals surface area contributed by atoms with Crippen LogP contribution in [0.5, 0.6) is 0 Å². The third-order valence-electron chi connectivity index (χ3n) is 5.56. The molecule has 1 atom stereocenters. The number of carbonyl (C=O) groups excluding carboxylic acids is 2. The smallest absolute Gasteiger partial charge is 0.321 e. The number of fused-ring (bicyclic) bond motifs is 1. The molecule has 3 N–H and O–H groups in total. The highest BCUT2D eigenvalue weighted by molar-refractivity contribution is 5.90. The molecule has 0 aliphatic carbocycles. The third-order valence-corrected chi connectivity index (χ3v) is 5.56. The number of halogens is 1. The quantitative estimate of drug-likeness (QED) is 0.744. The van der Waals surface area contributed by atoms with Gasteiger partial charge >= 0.3 is 6.03 Å². The summed E-state index contributed by atoms with van der Waals surface area (Å²) < 4.78 is 13.8. The van der Waals surface area contributed by atoms with Crippen LogP contribution in [0.15, 0.2) is 42.5 Å². The molecule has 1 saturated heterocycles. The number of hydrogen-bond acceptors (Lipinski definition) is 3. The van der Waals surface area contributed by atoms with Gasteiger partial charge in [0, 0.05) is 32.7 Å². The van der Waals surface area contributed by atoms with E-state index in [1.807, 2.05) is 6.07 Å². The number of amides is 3. The van der Waals surface area contributed by atoms with Crippen molar-refractivity contribution in [3.8, 4) is 0 Å². The number of piperidine rings is 1. The predicted molar refractivity (Wildman–Crippen MR) is 109 cm³/mol. The molecule has 4 rings (SSSR count). The van der Waals surface area contributed by atoms with Crippen molar-refractivity contribution in [1.82, 2.24) is 15.5 Å². The molecule has 6 nitrogen and oxygen atoms in total. The Bertz CT molecular complexity index is 917. The molecule has 1 unspecified atom stereocenters. The lowest BCUT2D eigenvalue weighted by molar-refractivity contribution is -0.126. The Hall–Kier alpha value is -2.93. The minimum absolute atomic E-state index is 0.0491. The molecule has 0 spiro atoms. The van der Waals surface area contributed by atoms with E-state index in [-0.39, 0.29) is 23.5 Å². The fraction of sp³-hybridized carbons (Fsp3) is 0.364. The molecule has 0 saturated carbocycles. The van der Waals surface area contributed by atoms with E-state index in [0.717, 1.165) is 31.5 Å². The number of nitrogens with zero attached hydrogens (tertiary/aromatic N) is 1. The Kier molecular flexibility index (Phi) is 5.76. The summed E-state index contributed by atoms with van der Waals surface area (Å²) in [5.74, 6) is -0.782. The predicted octanol–water partition coefficient (Wildman–Crippen LogP) is 2.99. The molecule has 2 heterocycles. The van der Waals surface area contributed by atoms with Crippen molar-refractivity contribution < 1.29 is 14.0 Å². The second-order valence-electron chi connectivity index (χ2n) is 7.62. The summed E-state index contributed by atoms with van der Waals surface area (Å²) in [7, 11) is 0. The van der Waals surface area contributed by atoms with Crippen LogP contribution in [0.4, 0.5) is 14.9 Å². The molecular formula is C22H25FN4O2. The van der Waals surface area contributed by atoms with Gasteiger partial charge in [0.25, 0.3) is 0 Å². The lowest BCUT2D eigenvalue weighted by atomic mass is 9.97. The summed E-state index contributed by atoms with van der Waals surface area (Å²) in [4.78, 5) is 26.7. The van der Waals surface area contributed by atoms with Crippen LogP contribution >= 0.6 is 0 Å². The van der Waals surface area contributed by atoms with Gasteiger partial charge < -0.3 is 20.9 Å². The van der Waals surface area contributed by atoms with Crippen molar-refractivity contribution >= 4 is 17.6 Å². The Labute approximate surface area is 169 Å². The van der Waals surface area contributed by atoms with Gasteiger partial charge in [0.15, 0.2) is 0 Å². The van der Waals surface area contributed by atoms with E-state index in [4.69, 9.17) is 0 Å². The molecule has 3 amide bonds. The number of carbonyl (C=O) groups is 2. The van der Waals surface area contributed by atoms with Crippen molar-refractivity contribution in [3.63, 3.8) is 0 Å². The Morgan fingerprint density at radius 3 is 2.83 bits per heavy atom. The molecule has 1 fully saturated rings. The first kappa shape index (κ1) is 19.4. The number of nitrogens with one attached hydrogen (secondary N) is 3. The number of urea groups is 1. The normalized spacial score (nSPS) is 18.2. The van der Waals surface area contributed by atoms with Crippen LogP contribution in [0.3, 0.4) is 0 Å². The summed E-state index contributed by atoms with van der Waals surface area (Å²) in [6.07, 6.45) is 1.48. The number of anilines is 1. The van der Waals surface area contributed by atoms with Gasteiger partial charge in [-0.25, -0.2) is 9.18 Å². The van der Waals surface area contributed by atoms with Gasteiger partial charge in [-0.05, 0) is 41.7 Å². The average Bonchev–Trinajstić information content (AvgIpc) is 3.21. The van der Waals surface area contributed by atoms with Gasteiger partial charge in [-0.3, -0.25) is 4.79 Å². The molecule has 0 aromatic heterocycles. The van der Waals surface area contributed by atoms with Crippen LogP contribution in [0.1, 0.15) is 29.5 Å². The minimum atomic E-state index is -0.475. The largest absolute Gasteiger partial charge is 0.352 e. The monoisotopic (exact) mass is 396 g/mol. The van der Waals surface area contributed by atoms with E-state index in [1.54, 1.807) is 17.0 Å². The summed E-state index contributed by atoms with van der Waals surface area (Å²) in [6.45, 7) is 3.13. The molecule has 0 radical (unpaired) electrons. The van der Waals surface area contributed by atoms with Crippen LogP contribution in [-0.4, -0.2) is 29.9 Å². The maximum Gasteiger partial charge on any atom is 0.321 e. The SMILES string of the molecule is O=C(NCc1ccc2c(c1)CNC2)C1CCCN(C(=O)Nc2ccccc2F)C1. The first-order valence-corrected chi connectivity index (χ1v) is 10.00. The number of benzene rings is 2. The molecular weight excluding hydrogens is 371 g/mol. The molecule has 152 valence electrons. The summed E-state index contributed by atoms with van der Waals surface area (Å²) in [5, 5.41) is 8.91. The van der Waals surface area contributed by atoms with Gasteiger partial charge in [-0.1, -0.05) is 30.3 Å².